The summed E-state index contributed by atoms with van der Waals surface area (Å²) in [4.78, 5) is 1.18. The van der Waals surface area contributed by atoms with Gasteiger partial charge in [-0.05, 0) is 17.5 Å². The molecule has 13 heavy (non-hydrogen) atoms. The molecule has 0 amide bonds. The lowest BCUT2D eigenvalue weighted by atomic mass is 10.2. The molecule has 2 nitrogen and oxygen atoms in total. The Balaban J connectivity index is 2.70. The summed E-state index contributed by atoms with van der Waals surface area (Å²) in [5.41, 5.74) is 0. The molecule has 0 aliphatic heterocycles. The van der Waals surface area contributed by atoms with Crippen molar-refractivity contribution in [3.05, 3.63) is 23.1 Å². The van der Waals surface area contributed by atoms with Crippen LogP contribution in [-0.2, 0) is 5.33 Å². The molecule has 0 saturated carbocycles. The molecule has 4 heteroatoms. The molecular formula is C9H7BrO2S. The Morgan fingerprint density at radius 2 is 1.85 bits per heavy atom. The minimum Gasteiger partial charge on any atom is -0.504 e. The summed E-state index contributed by atoms with van der Waals surface area (Å²) in [6.45, 7) is 0. The van der Waals surface area contributed by atoms with E-state index in [-0.39, 0.29) is 11.5 Å². The van der Waals surface area contributed by atoms with Crippen LogP contribution in [0, 0.1) is 0 Å². The first-order chi connectivity index (χ1) is 6.20. The van der Waals surface area contributed by atoms with E-state index < -0.39 is 0 Å². The molecule has 0 saturated heterocycles. The van der Waals surface area contributed by atoms with Gasteiger partial charge in [-0.25, -0.2) is 0 Å². The summed E-state index contributed by atoms with van der Waals surface area (Å²) >= 11 is 4.96. The number of phenols is 2. The number of thiophene rings is 1. The van der Waals surface area contributed by atoms with Gasteiger partial charge in [0.2, 0.25) is 0 Å². The lowest BCUT2D eigenvalue weighted by molar-refractivity contribution is 0.405. The van der Waals surface area contributed by atoms with Crippen molar-refractivity contribution in [2.75, 3.05) is 0 Å². The average molecular weight is 259 g/mol. The summed E-state index contributed by atoms with van der Waals surface area (Å²) in [7, 11) is 0. The predicted octanol–water partition coefficient (Wildman–Crippen LogP) is 3.21. The first kappa shape index (κ1) is 8.84. The second-order valence-electron chi connectivity index (χ2n) is 2.73. The maximum absolute atomic E-state index is 9.24. The second-order valence-corrected chi connectivity index (χ2v) is 4.45. The Morgan fingerprint density at radius 3 is 2.54 bits per heavy atom. The molecule has 2 rings (SSSR count). The van der Waals surface area contributed by atoms with Gasteiger partial charge in [-0.3, -0.25) is 0 Å². The van der Waals surface area contributed by atoms with Crippen molar-refractivity contribution >= 4 is 37.4 Å². The van der Waals surface area contributed by atoms with Gasteiger partial charge in [0.15, 0.2) is 11.5 Å². The van der Waals surface area contributed by atoms with E-state index in [1.54, 1.807) is 23.5 Å². The van der Waals surface area contributed by atoms with E-state index in [1.807, 2.05) is 6.07 Å². The van der Waals surface area contributed by atoms with Gasteiger partial charge in [-0.1, -0.05) is 15.9 Å². The van der Waals surface area contributed by atoms with Crippen LogP contribution in [0.15, 0.2) is 18.2 Å². The highest BCUT2D eigenvalue weighted by Gasteiger charge is 2.05. The third-order valence-electron chi connectivity index (χ3n) is 1.80. The van der Waals surface area contributed by atoms with Crippen molar-refractivity contribution in [2.45, 2.75) is 5.33 Å². The zero-order valence-electron chi connectivity index (χ0n) is 6.62. The van der Waals surface area contributed by atoms with Crippen molar-refractivity contribution in [3.63, 3.8) is 0 Å². The van der Waals surface area contributed by atoms with Crippen molar-refractivity contribution < 1.29 is 10.2 Å². The summed E-state index contributed by atoms with van der Waals surface area (Å²) in [6, 6.07) is 5.16. The SMILES string of the molecule is Oc1cc2cc(CBr)sc2cc1O. The molecule has 1 aromatic heterocycles. The zero-order valence-corrected chi connectivity index (χ0v) is 9.02. The molecule has 68 valence electrons. The number of aromatic hydroxyl groups is 2. The van der Waals surface area contributed by atoms with Gasteiger partial charge in [-0.2, -0.15) is 0 Å². The molecule has 1 heterocycles. The van der Waals surface area contributed by atoms with E-state index in [4.69, 9.17) is 0 Å². The van der Waals surface area contributed by atoms with Gasteiger partial charge in [0, 0.05) is 21.0 Å². The van der Waals surface area contributed by atoms with Crippen LogP contribution >= 0.6 is 27.3 Å². The fourth-order valence-electron chi connectivity index (χ4n) is 1.18. The Bertz CT molecular complexity index is 411. The Hall–Kier alpha value is -0.740. The highest BCUT2D eigenvalue weighted by atomic mass is 79.9. The number of rotatable bonds is 1. The van der Waals surface area contributed by atoms with Gasteiger partial charge in [0.1, 0.15) is 0 Å². The van der Waals surface area contributed by atoms with E-state index in [1.165, 1.54) is 4.88 Å². The van der Waals surface area contributed by atoms with E-state index in [9.17, 15) is 10.2 Å². The Kier molecular flexibility index (Phi) is 2.17. The van der Waals surface area contributed by atoms with Gasteiger partial charge in [0.05, 0.1) is 0 Å². The fraction of sp³-hybridized carbons (Fsp3) is 0.111. The quantitative estimate of drug-likeness (QED) is 0.609. The molecule has 0 spiro atoms. The first-order valence-electron chi connectivity index (χ1n) is 3.71. The number of halogens is 1. The molecule has 0 unspecified atom stereocenters. The zero-order chi connectivity index (χ0) is 9.42. The van der Waals surface area contributed by atoms with Gasteiger partial charge >= 0.3 is 0 Å². The van der Waals surface area contributed by atoms with Crippen molar-refractivity contribution in [1.82, 2.24) is 0 Å². The molecule has 0 aliphatic rings. The van der Waals surface area contributed by atoms with Crippen molar-refractivity contribution in [1.29, 1.82) is 0 Å². The van der Waals surface area contributed by atoms with E-state index in [2.05, 4.69) is 15.9 Å². The van der Waals surface area contributed by atoms with Crippen molar-refractivity contribution in [3.8, 4) is 11.5 Å². The summed E-state index contributed by atoms with van der Waals surface area (Å²) in [6.07, 6.45) is 0. The number of hydrogen-bond acceptors (Lipinski definition) is 3. The molecular weight excluding hydrogens is 252 g/mol. The minimum absolute atomic E-state index is 0.0597. The molecule has 0 radical (unpaired) electrons. The molecule has 0 bridgehead atoms. The molecule has 2 aromatic rings. The third kappa shape index (κ3) is 1.51. The van der Waals surface area contributed by atoms with Crippen LogP contribution in [0.2, 0.25) is 0 Å². The Morgan fingerprint density at radius 1 is 1.15 bits per heavy atom. The van der Waals surface area contributed by atoms with E-state index in [0.29, 0.717) is 0 Å². The number of alkyl halides is 1. The maximum atomic E-state index is 9.24. The third-order valence-corrected chi connectivity index (χ3v) is 3.87. The fourth-order valence-corrected chi connectivity index (χ4v) is 2.62. The van der Waals surface area contributed by atoms with Crippen LogP contribution in [0.3, 0.4) is 0 Å². The van der Waals surface area contributed by atoms with Gasteiger partial charge < -0.3 is 10.2 Å². The minimum atomic E-state index is -0.0635. The van der Waals surface area contributed by atoms with Gasteiger partial charge in [-0.15, -0.1) is 11.3 Å². The molecule has 0 aliphatic carbocycles. The number of phenolic OH excluding ortho intramolecular Hbond substituents is 2. The molecule has 0 fully saturated rings. The van der Waals surface area contributed by atoms with Gasteiger partial charge in [0.25, 0.3) is 0 Å². The van der Waals surface area contributed by atoms with Crippen molar-refractivity contribution in [2.24, 2.45) is 0 Å². The Labute approximate surface area is 87.6 Å². The van der Waals surface area contributed by atoms with Crippen LogP contribution in [0.25, 0.3) is 10.1 Å². The van der Waals surface area contributed by atoms with E-state index in [0.717, 1.165) is 15.4 Å². The van der Waals surface area contributed by atoms with Crippen LogP contribution in [0.5, 0.6) is 11.5 Å². The first-order valence-corrected chi connectivity index (χ1v) is 5.65. The summed E-state index contributed by atoms with van der Waals surface area (Å²) in [5.74, 6) is -0.123. The summed E-state index contributed by atoms with van der Waals surface area (Å²) < 4.78 is 0.991. The van der Waals surface area contributed by atoms with Crippen LogP contribution in [-0.4, -0.2) is 10.2 Å². The van der Waals surface area contributed by atoms with E-state index >= 15 is 0 Å². The smallest absolute Gasteiger partial charge is 0.158 e. The lowest BCUT2D eigenvalue weighted by Gasteiger charge is -1.95. The number of benzene rings is 1. The highest BCUT2D eigenvalue weighted by Crippen LogP contribution is 2.35. The number of fused-ring (bicyclic) bond motifs is 1. The van der Waals surface area contributed by atoms with Crippen LogP contribution in [0.1, 0.15) is 4.88 Å². The molecule has 0 atom stereocenters. The van der Waals surface area contributed by atoms with Crippen LogP contribution in [0.4, 0.5) is 0 Å². The standard InChI is InChI=1S/C9H7BrO2S/c10-4-6-1-5-2-7(11)8(12)3-9(5)13-6/h1-3,11-12H,4H2. The molecule has 2 N–H and O–H groups in total. The maximum Gasteiger partial charge on any atom is 0.158 e. The molecule has 1 aromatic carbocycles. The second kappa shape index (κ2) is 3.20. The summed E-state index contributed by atoms with van der Waals surface area (Å²) in [5, 5.41) is 20.3. The highest BCUT2D eigenvalue weighted by molar-refractivity contribution is 9.08. The predicted molar refractivity (Wildman–Crippen MR) is 57.8 cm³/mol. The largest absolute Gasteiger partial charge is 0.504 e. The van der Waals surface area contributed by atoms with Crippen LogP contribution < -0.4 is 0 Å². The topological polar surface area (TPSA) is 40.5 Å². The average Bonchev–Trinajstić information content (AvgIpc) is 2.48. The normalized spacial score (nSPS) is 10.8. The lowest BCUT2D eigenvalue weighted by Crippen LogP contribution is -1.67. The monoisotopic (exact) mass is 258 g/mol. The number of hydrogen-bond donors (Lipinski definition) is 2.